The minimum atomic E-state index is -0.685. The van der Waals surface area contributed by atoms with Gasteiger partial charge in [-0.1, -0.05) is 6.07 Å². The second kappa shape index (κ2) is 5.15. The highest BCUT2D eigenvalue weighted by Crippen LogP contribution is 2.33. The number of imide groups is 1. The molecule has 3 amide bonds. The summed E-state index contributed by atoms with van der Waals surface area (Å²) in [5.74, 6) is -0.840. The fourth-order valence-corrected chi connectivity index (χ4v) is 2.91. The molecule has 22 heavy (non-hydrogen) atoms. The van der Waals surface area contributed by atoms with Crippen molar-refractivity contribution >= 4 is 17.7 Å². The van der Waals surface area contributed by atoms with E-state index in [1.165, 1.54) is 12.0 Å². The lowest BCUT2D eigenvalue weighted by Gasteiger charge is -2.29. The number of hydrogen-bond acceptors (Lipinski definition) is 5. The molecule has 0 spiro atoms. The number of nitriles is 1. The molecule has 0 saturated carbocycles. The van der Waals surface area contributed by atoms with Crippen LogP contribution in [0.2, 0.25) is 0 Å². The second-order valence-electron chi connectivity index (χ2n) is 5.19. The Hall–Kier alpha value is -2.88. The van der Waals surface area contributed by atoms with E-state index in [2.05, 4.69) is 5.32 Å². The number of benzene rings is 1. The first kappa shape index (κ1) is 14.1. The smallest absolute Gasteiger partial charge is 0.256 e. The van der Waals surface area contributed by atoms with Gasteiger partial charge in [0, 0.05) is 13.0 Å². The Morgan fingerprint density at radius 1 is 1.36 bits per heavy atom. The lowest BCUT2D eigenvalue weighted by molar-refractivity contribution is -0.136. The number of rotatable bonds is 2. The van der Waals surface area contributed by atoms with Crippen molar-refractivity contribution in [1.82, 2.24) is 10.2 Å². The molecule has 112 valence electrons. The first-order valence-electron chi connectivity index (χ1n) is 6.81. The van der Waals surface area contributed by atoms with Crippen molar-refractivity contribution in [3.63, 3.8) is 0 Å². The van der Waals surface area contributed by atoms with Crippen molar-refractivity contribution in [3.8, 4) is 11.8 Å². The highest BCUT2D eigenvalue weighted by atomic mass is 16.5. The lowest BCUT2D eigenvalue weighted by Crippen LogP contribution is -2.52. The number of hydrogen-bond donors (Lipinski definition) is 1. The Labute approximate surface area is 126 Å². The number of carbonyl (C=O) groups is 3. The largest absolute Gasteiger partial charge is 0.495 e. The van der Waals surface area contributed by atoms with Crippen LogP contribution < -0.4 is 10.1 Å². The van der Waals surface area contributed by atoms with Crippen LogP contribution >= 0.6 is 0 Å². The monoisotopic (exact) mass is 299 g/mol. The predicted molar refractivity (Wildman–Crippen MR) is 73.8 cm³/mol. The summed E-state index contributed by atoms with van der Waals surface area (Å²) in [6, 6.07) is 4.67. The lowest BCUT2D eigenvalue weighted by atomic mass is 10.0. The minimum Gasteiger partial charge on any atom is -0.495 e. The maximum absolute atomic E-state index is 12.6. The molecule has 3 rings (SSSR count). The van der Waals surface area contributed by atoms with Crippen LogP contribution in [0.1, 0.15) is 34.3 Å². The zero-order chi connectivity index (χ0) is 15.9. The van der Waals surface area contributed by atoms with Gasteiger partial charge in [0.15, 0.2) is 0 Å². The first-order valence-corrected chi connectivity index (χ1v) is 6.81. The number of methoxy groups -OCH3 is 1. The average molecular weight is 299 g/mol. The second-order valence-corrected chi connectivity index (χ2v) is 5.19. The van der Waals surface area contributed by atoms with Gasteiger partial charge in [-0.05, 0) is 18.1 Å². The molecule has 1 aromatic rings. The van der Waals surface area contributed by atoms with Crippen molar-refractivity contribution in [2.75, 3.05) is 7.11 Å². The van der Waals surface area contributed by atoms with E-state index in [4.69, 9.17) is 4.74 Å². The van der Waals surface area contributed by atoms with Crippen LogP contribution in [0.3, 0.4) is 0 Å². The molecule has 7 heteroatoms. The number of ether oxygens (including phenoxy) is 1. The molecule has 1 aromatic carbocycles. The molecule has 7 nitrogen and oxygen atoms in total. The van der Waals surface area contributed by atoms with Gasteiger partial charge in [-0.2, -0.15) is 5.26 Å². The zero-order valence-corrected chi connectivity index (χ0v) is 11.9. The molecule has 0 aliphatic carbocycles. The Morgan fingerprint density at radius 2 is 2.14 bits per heavy atom. The highest BCUT2D eigenvalue weighted by Gasteiger charge is 2.40. The van der Waals surface area contributed by atoms with Crippen LogP contribution in [0.25, 0.3) is 0 Å². The van der Waals surface area contributed by atoms with Crippen molar-refractivity contribution in [2.24, 2.45) is 0 Å². The topological polar surface area (TPSA) is 99.5 Å². The third-order valence-corrected chi connectivity index (χ3v) is 3.99. The number of nitrogens with one attached hydrogen (secondary N) is 1. The molecule has 0 bridgehead atoms. The number of piperidine rings is 1. The van der Waals surface area contributed by atoms with Gasteiger partial charge in [-0.25, -0.2) is 0 Å². The summed E-state index contributed by atoms with van der Waals surface area (Å²) in [6.07, 6.45) is 0.494. The highest BCUT2D eigenvalue weighted by molar-refractivity contribution is 6.06. The van der Waals surface area contributed by atoms with E-state index in [1.807, 2.05) is 6.07 Å². The minimum absolute atomic E-state index is 0.180. The van der Waals surface area contributed by atoms with E-state index in [0.29, 0.717) is 17.7 Å². The summed E-state index contributed by atoms with van der Waals surface area (Å²) in [5.41, 5.74) is 1.15. The molecular formula is C15H13N3O4. The number of fused-ring (bicyclic) bond motifs is 1. The van der Waals surface area contributed by atoms with Gasteiger partial charge in [0.25, 0.3) is 5.91 Å². The third-order valence-electron chi connectivity index (χ3n) is 3.99. The van der Waals surface area contributed by atoms with E-state index < -0.39 is 11.9 Å². The van der Waals surface area contributed by atoms with Crippen molar-refractivity contribution in [3.05, 3.63) is 28.8 Å². The van der Waals surface area contributed by atoms with Crippen LogP contribution in [-0.4, -0.2) is 35.8 Å². The summed E-state index contributed by atoms with van der Waals surface area (Å²) in [7, 11) is 1.43. The summed E-state index contributed by atoms with van der Waals surface area (Å²) < 4.78 is 5.11. The summed E-state index contributed by atoms with van der Waals surface area (Å²) >= 11 is 0. The predicted octanol–water partition coefficient (Wildman–Crippen LogP) is 0.328. The third kappa shape index (κ3) is 2.00. The molecule has 2 aliphatic heterocycles. The molecule has 1 atom stereocenters. The Balaban J connectivity index is 1.97. The maximum Gasteiger partial charge on any atom is 0.256 e. The average Bonchev–Trinajstić information content (AvgIpc) is 2.83. The van der Waals surface area contributed by atoms with E-state index in [9.17, 15) is 19.6 Å². The molecular weight excluding hydrogens is 286 g/mol. The fourth-order valence-electron chi connectivity index (χ4n) is 2.91. The van der Waals surface area contributed by atoms with Crippen molar-refractivity contribution in [2.45, 2.75) is 25.4 Å². The Morgan fingerprint density at radius 3 is 2.77 bits per heavy atom. The Kier molecular flexibility index (Phi) is 3.29. The van der Waals surface area contributed by atoms with E-state index >= 15 is 0 Å². The summed E-state index contributed by atoms with van der Waals surface area (Å²) in [6.45, 7) is 0.249. The molecule has 2 aliphatic rings. The van der Waals surface area contributed by atoms with E-state index in [-0.39, 0.29) is 35.9 Å². The molecule has 1 fully saturated rings. The number of amides is 3. The summed E-state index contributed by atoms with van der Waals surface area (Å²) in [5, 5.41) is 11.5. The van der Waals surface area contributed by atoms with Crippen LogP contribution in [0.4, 0.5) is 0 Å². The number of carbonyl (C=O) groups excluding carboxylic acids is 3. The Bertz CT molecular complexity index is 735. The van der Waals surface area contributed by atoms with Crippen LogP contribution in [0.15, 0.2) is 12.1 Å². The van der Waals surface area contributed by atoms with Gasteiger partial charge in [0.2, 0.25) is 11.8 Å². The molecule has 1 unspecified atom stereocenters. The zero-order valence-electron chi connectivity index (χ0n) is 11.9. The van der Waals surface area contributed by atoms with E-state index in [1.54, 1.807) is 12.1 Å². The van der Waals surface area contributed by atoms with Crippen molar-refractivity contribution < 1.29 is 19.1 Å². The number of nitrogens with zero attached hydrogens (tertiary/aromatic N) is 2. The van der Waals surface area contributed by atoms with Gasteiger partial charge in [0.1, 0.15) is 23.4 Å². The fraction of sp³-hybridized carbons (Fsp3) is 0.333. The first-order chi connectivity index (χ1) is 10.6. The summed E-state index contributed by atoms with van der Waals surface area (Å²) in [4.78, 5) is 37.2. The standard InChI is InChI=1S/C15H13N3O4/c1-22-11-4-2-8-7-18(15(21)13(8)9(11)6-16)10-3-5-12(19)17-14(10)20/h2,4,10H,3,5,7H2,1H3,(H,17,19,20). The molecule has 0 radical (unpaired) electrons. The van der Waals surface area contributed by atoms with Gasteiger partial charge < -0.3 is 9.64 Å². The van der Waals surface area contributed by atoms with Crippen LogP contribution in [0.5, 0.6) is 5.75 Å². The van der Waals surface area contributed by atoms with Crippen molar-refractivity contribution in [1.29, 1.82) is 5.26 Å². The SMILES string of the molecule is COc1ccc2c(c1C#N)C(=O)N(C1CCC(=O)NC1=O)C2. The molecule has 2 heterocycles. The normalized spacial score (nSPS) is 20.5. The van der Waals surface area contributed by atoms with E-state index in [0.717, 1.165) is 0 Å². The molecule has 1 N–H and O–H groups in total. The van der Waals surface area contributed by atoms with Crippen LogP contribution in [0, 0.1) is 11.3 Å². The van der Waals surface area contributed by atoms with Gasteiger partial charge in [0.05, 0.1) is 12.7 Å². The molecule has 1 saturated heterocycles. The maximum atomic E-state index is 12.6. The van der Waals surface area contributed by atoms with Gasteiger partial charge in [-0.3, -0.25) is 19.7 Å². The van der Waals surface area contributed by atoms with Gasteiger partial charge >= 0.3 is 0 Å². The van der Waals surface area contributed by atoms with Gasteiger partial charge in [-0.15, -0.1) is 0 Å². The van der Waals surface area contributed by atoms with Crippen LogP contribution in [-0.2, 0) is 16.1 Å². The quantitative estimate of drug-likeness (QED) is 0.793. The molecule has 0 aromatic heterocycles.